The van der Waals surface area contributed by atoms with Crippen molar-refractivity contribution in [3.05, 3.63) is 0 Å². The molecule has 5 nitrogen and oxygen atoms in total. The highest BCUT2D eigenvalue weighted by atomic mass is 16.6. The largest absolute Gasteiger partial charge is 0.366 e. The summed E-state index contributed by atoms with van der Waals surface area (Å²) in [6, 6.07) is -0.566. The number of aliphatic hydroxyl groups is 1. The molecule has 0 bridgehead atoms. The van der Waals surface area contributed by atoms with Crippen LogP contribution in [0.15, 0.2) is 0 Å². The van der Waals surface area contributed by atoms with Crippen LogP contribution in [0.1, 0.15) is 34.1 Å². The van der Waals surface area contributed by atoms with Crippen molar-refractivity contribution in [2.75, 3.05) is 6.54 Å². The van der Waals surface area contributed by atoms with Gasteiger partial charge < -0.3 is 14.7 Å². The molecular weight excluding hydrogens is 210 g/mol. The van der Waals surface area contributed by atoms with E-state index >= 15 is 0 Å². The highest BCUT2D eigenvalue weighted by Gasteiger charge is 2.41. The second-order valence-corrected chi connectivity index (χ2v) is 4.66. The number of amides is 1. The number of rotatable bonds is 3. The van der Waals surface area contributed by atoms with Gasteiger partial charge in [-0.2, -0.15) is 0 Å². The molecular formula is C11H19NO4. The van der Waals surface area contributed by atoms with Gasteiger partial charge in [0, 0.05) is 13.5 Å². The first kappa shape index (κ1) is 13.1. The average molecular weight is 229 g/mol. The molecule has 0 aromatic heterocycles. The molecule has 1 rings (SSSR count). The van der Waals surface area contributed by atoms with Gasteiger partial charge in [0.15, 0.2) is 11.6 Å². The van der Waals surface area contributed by atoms with Gasteiger partial charge in [-0.05, 0) is 27.2 Å². The van der Waals surface area contributed by atoms with Gasteiger partial charge in [0.2, 0.25) is 5.91 Å². The second-order valence-electron chi connectivity index (χ2n) is 4.66. The van der Waals surface area contributed by atoms with Crippen molar-refractivity contribution in [2.24, 2.45) is 0 Å². The minimum absolute atomic E-state index is 0.109. The Labute approximate surface area is 95.4 Å². The van der Waals surface area contributed by atoms with Crippen LogP contribution in [-0.2, 0) is 14.3 Å². The summed E-state index contributed by atoms with van der Waals surface area (Å²) >= 11 is 0. The lowest BCUT2D eigenvalue weighted by Gasteiger charge is -2.29. The molecule has 0 aromatic rings. The Balaban J connectivity index is 2.80. The van der Waals surface area contributed by atoms with Crippen molar-refractivity contribution in [1.29, 1.82) is 0 Å². The molecule has 1 unspecified atom stereocenters. The van der Waals surface area contributed by atoms with E-state index in [4.69, 9.17) is 4.74 Å². The molecule has 1 saturated heterocycles. The smallest absolute Gasteiger partial charge is 0.220 e. The number of ketones is 1. The third-order valence-electron chi connectivity index (χ3n) is 2.60. The minimum Gasteiger partial charge on any atom is -0.366 e. The van der Waals surface area contributed by atoms with Crippen molar-refractivity contribution in [3.63, 3.8) is 0 Å². The lowest BCUT2D eigenvalue weighted by atomic mass is 10.1. The van der Waals surface area contributed by atoms with Gasteiger partial charge in [-0.1, -0.05) is 0 Å². The van der Waals surface area contributed by atoms with Gasteiger partial charge in [-0.15, -0.1) is 0 Å². The molecule has 1 fully saturated rings. The first-order valence-corrected chi connectivity index (χ1v) is 5.40. The molecule has 0 saturated carbocycles. The molecule has 1 N–H and O–H groups in total. The molecule has 0 aromatic carbocycles. The molecule has 0 radical (unpaired) electrons. The van der Waals surface area contributed by atoms with E-state index in [1.54, 1.807) is 0 Å². The maximum Gasteiger partial charge on any atom is 0.220 e. The van der Waals surface area contributed by atoms with Crippen molar-refractivity contribution in [2.45, 2.75) is 52.0 Å². The summed E-state index contributed by atoms with van der Waals surface area (Å²) in [6.07, 6.45) is 0.162. The predicted octanol–water partition coefficient (Wildman–Crippen LogP) is 0.310. The Morgan fingerprint density at radius 3 is 2.31 bits per heavy atom. The molecule has 0 aliphatic carbocycles. The topological polar surface area (TPSA) is 66.8 Å². The molecule has 5 heteroatoms. The Morgan fingerprint density at radius 1 is 1.38 bits per heavy atom. The molecule has 1 aliphatic heterocycles. The Hall–Kier alpha value is -0.940. The van der Waals surface area contributed by atoms with Crippen LogP contribution in [0.2, 0.25) is 0 Å². The zero-order valence-electron chi connectivity index (χ0n) is 10.2. The molecule has 1 amide bonds. The SMILES string of the molecule is CC(=O)[C@@H]1C(OC(C)(C)O)CCN1C(C)=O. The summed E-state index contributed by atoms with van der Waals surface area (Å²) < 4.78 is 5.39. The number of carbonyl (C=O) groups excluding carboxylic acids is 2. The molecule has 0 spiro atoms. The molecule has 1 aliphatic rings. The van der Waals surface area contributed by atoms with E-state index in [-0.39, 0.29) is 11.7 Å². The monoisotopic (exact) mass is 229 g/mol. The summed E-state index contributed by atoms with van der Waals surface area (Å²) in [5.41, 5.74) is 0. The molecule has 92 valence electrons. The predicted molar refractivity (Wildman–Crippen MR) is 57.6 cm³/mol. The zero-order valence-corrected chi connectivity index (χ0v) is 10.2. The lowest BCUT2D eigenvalue weighted by molar-refractivity contribution is -0.209. The van der Waals surface area contributed by atoms with Crippen molar-refractivity contribution >= 4 is 11.7 Å². The molecule has 16 heavy (non-hydrogen) atoms. The van der Waals surface area contributed by atoms with Crippen LogP contribution < -0.4 is 0 Å². The van der Waals surface area contributed by atoms with E-state index in [0.717, 1.165) is 0 Å². The summed E-state index contributed by atoms with van der Waals surface area (Å²) in [5, 5.41) is 9.57. The van der Waals surface area contributed by atoms with Gasteiger partial charge in [0.05, 0.1) is 6.10 Å². The number of nitrogens with zero attached hydrogens (tertiary/aromatic N) is 1. The summed E-state index contributed by atoms with van der Waals surface area (Å²) in [5.74, 6) is -1.53. The summed E-state index contributed by atoms with van der Waals surface area (Å²) in [4.78, 5) is 24.3. The fourth-order valence-corrected chi connectivity index (χ4v) is 2.09. The van der Waals surface area contributed by atoms with E-state index in [0.29, 0.717) is 13.0 Å². The van der Waals surface area contributed by atoms with E-state index in [1.165, 1.54) is 32.6 Å². The molecule has 1 heterocycles. The van der Waals surface area contributed by atoms with Crippen LogP contribution in [0.25, 0.3) is 0 Å². The first-order chi connectivity index (χ1) is 7.22. The normalized spacial score (nSPS) is 25.9. The standard InChI is InChI=1S/C11H19NO4/c1-7(13)10-9(16-11(3,4)15)5-6-12(10)8(2)14/h9-10,15H,5-6H2,1-4H3/t9?,10-/m1/s1. The highest BCUT2D eigenvalue weighted by molar-refractivity contribution is 5.88. The number of hydrogen-bond acceptors (Lipinski definition) is 4. The number of carbonyl (C=O) groups is 2. The van der Waals surface area contributed by atoms with Gasteiger partial charge in [0.25, 0.3) is 0 Å². The Kier molecular flexibility index (Phi) is 3.70. The van der Waals surface area contributed by atoms with E-state index in [1.807, 2.05) is 0 Å². The van der Waals surface area contributed by atoms with Crippen LogP contribution in [0.5, 0.6) is 0 Å². The van der Waals surface area contributed by atoms with Gasteiger partial charge in [-0.25, -0.2) is 0 Å². The average Bonchev–Trinajstić information content (AvgIpc) is 2.44. The Bertz CT molecular complexity index is 295. The van der Waals surface area contributed by atoms with Crippen molar-refractivity contribution < 1.29 is 19.4 Å². The summed E-state index contributed by atoms with van der Waals surface area (Å²) in [6.45, 7) is 6.40. The third kappa shape index (κ3) is 3.02. The van der Waals surface area contributed by atoms with Crippen molar-refractivity contribution in [3.8, 4) is 0 Å². The minimum atomic E-state index is -1.29. The first-order valence-electron chi connectivity index (χ1n) is 5.40. The van der Waals surface area contributed by atoms with E-state index in [9.17, 15) is 14.7 Å². The van der Waals surface area contributed by atoms with Gasteiger partial charge in [0.1, 0.15) is 6.04 Å². The van der Waals surface area contributed by atoms with Crippen LogP contribution in [-0.4, -0.2) is 46.2 Å². The number of Topliss-reactive ketones (excluding diaryl/α,β-unsaturated/α-hetero) is 1. The quantitative estimate of drug-likeness (QED) is 0.707. The van der Waals surface area contributed by atoms with Gasteiger partial charge in [-0.3, -0.25) is 9.59 Å². The van der Waals surface area contributed by atoms with Crippen LogP contribution in [0, 0.1) is 0 Å². The van der Waals surface area contributed by atoms with E-state index < -0.39 is 17.9 Å². The number of ether oxygens (including phenoxy) is 1. The van der Waals surface area contributed by atoms with Crippen LogP contribution >= 0.6 is 0 Å². The third-order valence-corrected chi connectivity index (χ3v) is 2.60. The van der Waals surface area contributed by atoms with Crippen molar-refractivity contribution in [1.82, 2.24) is 4.90 Å². The lowest BCUT2D eigenvalue weighted by Crippen LogP contribution is -2.46. The maximum absolute atomic E-state index is 11.5. The zero-order chi connectivity index (χ0) is 12.5. The maximum atomic E-state index is 11.5. The number of likely N-dealkylation sites (tertiary alicyclic amines) is 1. The number of hydrogen-bond donors (Lipinski definition) is 1. The fraction of sp³-hybridized carbons (Fsp3) is 0.818. The van der Waals surface area contributed by atoms with Crippen LogP contribution in [0.3, 0.4) is 0 Å². The molecule has 2 atom stereocenters. The van der Waals surface area contributed by atoms with E-state index in [2.05, 4.69) is 0 Å². The fourth-order valence-electron chi connectivity index (χ4n) is 2.09. The van der Waals surface area contributed by atoms with Gasteiger partial charge >= 0.3 is 0 Å². The Morgan fingerprint density at radius 2 is 1.94 bits per heavy atom. The second kappa shape index (κ2) is 4.51. The highest BCUT2D eigenvalue weighted by Crippen LogP contribution is 2.25. The van der Waals surface area contributed by atoms with Crippen LogP contribution in [0.4, 0.5) is 0 Å². The summed E-state index contributed by atoms with van der Waals surface area (Å²) in [7, 11) is 0.